The summed E-state index contributed by atoms with van der Waals surface area (Å²) in [6.07, 6.45) is 0. The molecule has 2 aromatic rings. The monoisotopic (exact) mass is 289 g/mol. The number of hydrogen-bond acceptors (Lipinski definition) is 3. The Labute approximate surface area is 122 Å². The highest BCUT2D eigenvalue weighted by molar-refractivity contribution is 5.77. The molecule has 21 heavy (non-hydrogen) atoms. The Kier molecular flexibility index (Phi) is 5.29. The average molecular weight is 289 g/mol. The summed E-state index contributed by atoms with van der Waals surface area (Å²) in [5.41, 5.74) is 1.43. The Morgan fingerprint density at radius 1 is 1.14 bits per heavy atom. The molecule has 0 radical (unpaired) electrons. The molecule has 0 atom stereocenters. The van der Waals surface area contributed by atoms with Crippen LogP contribution < -0.4 is 10.1 Å². The number of amides is 1. The second-order valence-electron chi connectivity index (χ2n) is 4.46. The number of rotatable bonds is 6. The minimum absolute atomic E-state index is 0.141. The minimum Gasteiger partial charge on any atom is -0.483 e. The van der Waals surface area contributed by atoms with Crippen LogP contribution in [0.15, 0.2) is 48.5 Å². The fourth-order valence-electron chi connectivity index (χ4n) is 1.77. The number of carbonyl (C=O) groups excluding carboxylic acids is 1. The maximum absolute atomic E-state index is 12.7. The number of para-hydroxylation sites is 1. The molecule has 4 nitrogen and oxygen atoms in total. The highest BCUT2D eigenvalue weighted by Gasteiger charge is 2.06. The molecular formula is C16H16FNO3. The van der Waals surface area contributed by atoms with Crippen molar-refractivity contribution in [2.75, 3.05) is 6.61 Å². The number of carbonyl (C=O) groups is 1. The molecule has 1 amide bonds. The van der Waals surface area contributed by atoms with Gasteiger partial charge in [-0.3, -0.25) is 4.79 Å². The van der Waals surface area contributed by atoms with Crippen LogP contribution in [0.25, 0.3) is 0 Å². The summed E-state index contributed by atoms with van der Waals surface area (Å²) in [5, 5.41) is 11.8. The first-order valence-electron chi connectivity index (χ1n) is 6.52. The van der Waals surface area contributed by atoms with Crippen LogP contribution in [0.3, 0.4) is 0 Å². The van der Waals surface area contributed by atoms with E-state index in [9.17, 15) is 9.18 Å². The average Bonchev–Trinajstić information content (AvgIpc) is 2.52. The standard InChI is InChI=1S/C16H16FNO3/c17-14-7-5-12(6-8-14)9-18-16(20)11-21-15-4-2-1-3-13(15)10-19/h1-8,19H,9-11H2,(H,18,20). The van der Waals surface area contributed by atoms with E-state index in [1.165, 1.54) is 12.1 Å². The number of nitrogens with one attached hydrogen (secondary N) is 1. The lowest BCUT2D eigenvalue weighted by Gasteiger charge is -2.10. The zero-order valence-corrected chi connectivity index (χ0v) is 11.4. The van der Waals surface area contributed by atoms with Crippen LogP contribution in [0, 0.1) is 5.82 Å². The van der Waals surface area contributed by atoms with Crippen LogP contribution in [0.5, 0.6) is 5.75 Å². The summed E-state index contributed by atoms with van der Waals surface area (Å²) in [5.74, 6) is -0.113. The lowest BCUT2D eigenvalue weighted by molar-refractivity contribution is -0.123. The van der Waals surface area contributed by atoms with Crippen molar-refractivity contribution in [3.05, 3.63) is 65.5 Å². The molecule has 2 N–H and O–H groups in total. The lowest BCUT2D eigenvalue weighted by Crippen LogP contribution is -2.28. The fraction of sp³-hybridized carbons (Fsp3) is 0.188. The molecule has 0 aliphatic carbocycles. The number of aliphatic hydroxyl groups excluding tert-OH is 1. The van der Waals surface area contributed by atoms with Crippen molar-refractivity contribution in [3.63, 3.8) is 0 Å². The van der Waals surface area contributed by atoms with Crippen molar-refractivity contribution < 1.29 is 19.0 Å². The van der Waals surface area contributed by atoms with Gasteiger partial charge in [0.15, 0.2) is 6.61 Å². The molecule has 0 saturated heterocycles. The highest BCUT2D eigenvalue weighted by Crippen LogP contribution is 2.17. The Morgan fingerprint density at radius 2 is 1.86 bits per heavy atom. The van der Waals surface area contributed by atoms with Gasteiger partial charge in [0.1, 0.15) is 11.6 Å². The molecular weight excluding hydrogens is 273 g/mol. The molecule has 2 aromatic carbocycles. The normalized spacial score (nSPS) is 10.2. The van der Waals surface area contributed by atoms with Gasteiger partial charge < -0.3 is 15.2 Å². The summed E-state index contributed by atoms with van der Waals surface area (Å²) in [6, 6.07) is 12.9. The fourth-order valence-corrected chi connectivity index (χ4v) is 1.77. The second kappa shape index (κ2) is 7.40. The zero-order chi connectivity index (χ0) is 15.1. The van der Waals surface area contributed by atoms with Crippen molar-refractivity contribution in [3.8, 4) is 5.75 Å². The number of aliphatic hydroxyl groups is 1. The van der Waals surface area contributed by atoms with E-state index in [0.717, 1.165) is 5.56 Å². The zero-order valence-electron chi connectivity index (χ0n) is 11.4. The maximum atomic E-state index is 12.7. The summed E-state index contributed by atoms with van der Waals surface area (Å²) < 4.78 is 18.1. The number of ether oxygens (including phenoxy) is 1. The number of hydrogen-bond donors (Lipinski definition) is 2. The van der Waals surface area contributed by atoms with Crippen molar-refractivity contribution >= 4 is 5.91 Å². The molecule has 0 aliphatic heterocycles. The molecule has 0 aromatic heterocycles. The first-order chi connectivity index (χ1) is 10.2. The van der Waals surface area contributed by atoms with Gasteiger partial charge in [0.25, 0.3) is 5.91 Å². The van der Waals surface area contributed by atoms with Gasteiger partial charge in [0, 0.05) is 12.1 Å². The van der Waals surface area contributed by atoms with Crippen LogP contribution >= 0.6 is 0 Å². The van der Waals surface area contributed by atoms with Crippen LogP contribution in [-0.4, -0.2) is 17.6 Å². The van der Waals surface area contributed by atoms with Crippen LogP contribution in [0.1, 0.15) is 11.1 Å². The SMILES string of the molecule is O=C(COc1ccccc1CO)NCc1ccc(F)cc1. The van der Waals surface area contributed by atoms with Gasteiger partial charge in [0.2, 0.25) is 0 Å². The minimum atomic E-state index is -0.311. The Bertz CT molecular complexity index is 599. The van der Waals surface area contributed by atoms with Crippen molar-refractivity contribution in [1.82, 2.24) is 5.32 Å². The molecule has 2 rings (SSSR count). The van der Waals surface area contributed by atoms with Crippen LogP contribution in [-0.2, 0) is 17.9 Å². The first-order valence-corrected chi connectivity index (χ1v) is 6.52. The molecule has 0 aliphatic rings. The van der Waals surface area contributed by atoms with Gasteiger partial charge in [-0.2, -0.15) is 0 Å². The number of halogens is 1. The van der Waals surface area contributed by atoms with E-state index in [0.29, 0.717) is 17.9 Å². The maximum Gasteiger partial charge on any atom is 0.258 e. The third kappa shape index (κ3) is 4.57. The summed E-state index contributed by atoms with van der Waals surface area (Å²) in [6.45, 7) is 0.0235. The predicted octanol–water partition coefficient (Wildman–Crippen LogP) is 2.01. The Hall–Kier alpha value is -2.40. The van der Waals surface area contributed by atoms with E-state index in [-0.39, 0.29) is 24.9 Å². The molecule has 0 heterocycles. The lowest BCUT2D eigenvalue weighted by atomic mass is 10.2. The molecule has 0 unspecified atom stereocenters. The van der Waals surface area contributed by atoms with Gasteiger partial charge in [-0.15, -0.1) is 0 Å². The van der Waals surface area contributed by atoms with Crippen molar-refractivity contribution in [2.45, 2.75) is 13.2 Å². The van der Waals surface area contributed by atoms with Gasteiger partial charge >= 0.3 is 0 Å². The molecule has 5 heteroatoms. The smallest absolute Gasteiger partial charge is 0.258 e. The quantitative estimate of drug-likeness (QED) is 0.855. The second-order valence-corrected chi connectivity index (χ2v) is 4.46. The van der Waals surface area contributed by atoms with E-state index in [2.05, 4.69) is 5.32 Å². The highest BCUT2D eigenvalue weighted by atomic mass is 19.1. The third-order valence-corrected chi connectivity index (χ3v) is 2.90. The molecule has 0 bridgehead atoms. The molecule has 110 valence electrons. The predicted molar refractivity (Wildman–Crippen MR) is 76.1 cm³/mol. The van der Waals surface area contributed by atoms with Crippen molar-refractivity contribution in [1.29, 1.82) is 0 Å². The summed E-state index contributed by atoms with van der Waals surface area (Å²) in [7, 11) is 0. The Morgan fingerprint density at radius 3 is 2.57 bits per heavy atom. The topological polar surface area (TPSA) is 58.6 Å². The molecule has 0 spiro atoms. The van der Waals surface area contributed by atoms with Crippen molar-refractivity contribution in [2.24, 2.45) is 0 Å². The largest absolute Gasteiger partial charge is 0.483 e. The van der Waals surface area contributed by atoms with Gasteiger partial charge in [-0.25, -0.2) is 4.39 Å². The number of benzene rings is 2. The van der Waals surface area contributed by atoms with Gasteiger partial charge in [0.05, 0.1) is 6.61 Å². The molecule has 0 fully saturated rings. The van der Waals surface area contributed by atoms with E-state index in [1.807, 2.05) is 0 Å². The van der Waals surface area contributed by atoms with Gasteiger partial charge in [-0.05, 0) is 23.8 Å². The summed E-state index contributed by atoms with van der Waals surface area (Å²) >= 11 is 0. The van der Waals surface area contributed by atoms with E-state index >= 15 is 0 Å². The first kappa shape index (κ1) is 15.0. The van der Waals surface area contributed by atoms with E-state index in [4.69, 9.17) is 9.84 Å². The summed E-state index contributed by atoms with van der Waals surface area (Å²) in [4.78, 5) is 11.7. The Balaban J connectivity index is 1.81. The van der Waals surface area contributed by atoms with E-state index < -0.39 is 0 Å². The van der Waals surface area contributed by atoms with Gasteiger partial charge in [-0.1, -0.05) is 30.3 Å². The molecule has 0 saturated carbocycles. The van der Waals surface area contributed by atoms with E-state index in [1.54, 1.807) is 36.4 Å². The third-order valence-electron chi connectivity index (χ3n) is 2.90. The van der Waals surface area contributed by atoms with Crippen LogP contribution in [0.4, 0.5) is 4.39 Å². The van der Waals surface area contributed by atoms with Crippen LogP contribution in [0.2, 0.25) is 0 Å².